The first kappa shape index (κ1) is 10.2. The molecule has 4 heteroatoms. The lowest BCUT2D eigenvalue weighted by Crippen LogP contribution is -2.21. The average Bonchev–Trinajstić information content (AvgIpc) is 2.52. The van der Waals surface area contributed by atoms with Crippen molar-refractivity contribution in [1.29, 1.82) is 5.26 Å². The molecule has 0 saturated carbocycles. The van der Waals surface area contributed by atoms with Gasteiger partial charge in [-0.25, -0.2) is 0 Å². The third kappa shape index (κ3) is 1.87. The summed E-state index contributed by atoms with van der Waals surface area (Å²) in [7, 11) is 0. The monoisotopic (exact) mass is 209 g/mol. The van der Waals surface area contributed by atoms with Crippen molar-refractivity contribution in [1.82, 2.24) is 4.57 Å². The molecule has 0 bridgehead atoms. The van der Waals surface area contributed by atoms with Crippen LogP contribution in [0.4, 0.5) is 0 Å². The standard InChI is InChI=1S/C9H10N2S2/c1-9(2,6-10)7-4-3-5-11(7)8(12)13/h3-5H,1-2H3,(H,12,13)/p-1. The zero-order valence-corrected chi connectivity index (χ0v) is 9.08. The summed E-state index contributed by atoms with van der Waals surface area (Å²) in [6.07, 6.45) is 1.78. The lowest BCUT2D eigenvalue weighted by atomic mass is 9.91. The van der Waals surface area contributed by atoms with Crippen LogP contribution in [0.5, 0.6) is 0 Å². The molecule has 0 fully saturated rings. The first-order chi connectivity index (χ1) is 5.99. The molecule has 0 atom stereocenters. The summed E-state index contributed by atoms with van der Waals surface area (Å²) in [5, 5.41) is 8.93. The second-order valence-corrected chi connectivity index (χ2v) is 4.30. The third-order valence-electron chi connectivity index (χ3n) is 1.87. The maximum absolute atomic E-state index is 8.93. The summed E-state index contributed by atoms with van der Waals surface area (Å²) < 4.78 is 2.04. The Hall–Kier alpha value is -0.920. The number of rotatable bonds is 1. The van der Waals surface area contributed by atoms with Crippen molar-refractivity contribution in [3.63, 3.8) is 0 Å². The Bertz CT molecular complexity index is 371. The van der Waals surface area contributed by atoms with Crippen LogP contribution in [0.15, 0.2) is 18.3 Å². The Kier molecular flexibility index (Phi) is 2.69. The molecule has 1 aromatic heterocycles. The van der Waals surface area contributed by atoms with Crippen molar-refractivity contribution >= 4 is 29.2 Å². The first-order valence-electron chi connectivity index (χ1n) is 3.79. The highest BCUT2D eigenvalue weighted by Crippen LogP contribution is 2.22. The molecule has 0 aliphatic carbocycles. The van der Waals surface area contributed by atoms with Gasteiger partial charge in [0.25, 0.3) is 0 Å². The molecule has 2 nitrogen and oxygen atoms in total. The first-order valence-corrected chi connectivity index (χ1v) is 4.61. The van der Waals surface area contributed by atoms with Crippen molar-refractivity contribution in [2.75, 3.05) is 0 Å². The Morgan fingerprint density at radius 2 is 2.31 bits per heavy atom. The molecule has 0 N–H and O–H groups in total. The van der Waals surface area contributed by atoms with E-state index in [1.54, 1.807) is 10.8 Å². The number of hydrogen-bond acceptors (Lipinski definition) is 3. The van der Waals surface area contributed by atoms with Crippen LogP contribution < -0.4 is 0 Å². The van der Waals surface area contributed by atoms with Gasteiger partial charge in [-0.05, 0) is 26.0 Å². The molecule has 0 spiro atoms. The summed E-state index contributed by atoms with van der Waals surface area (Å²) >= 11 is 9.78. The van der Waals surface area contributed by atoms with Crippen molar-refractivity contribution in [3.05, 3.63) is 24.0 Å². The van der Waals surface area contributed by atoms with E-state index in [1.807, 2.05) is 26.0 Å². The molecule has 1 heterocycles. The number of thiocarbonyl (C=S) groups is 1. The van der Waals surface area contributed by atoms with E-state index < -0.39 is 5.41 Å². The summed E-state index contributed by atoms with van der Waals surface area (Å²) in [6.45, 7) is 3.68. The van der Waals surface area contributed by atoms with E-state index in [0.29, 0.717) is 4.32 Å². The minimum atomic E-state index is -0.549. The topological polar surface area (TPSA) is 28.7 Å². The molecule has 0 aromatic carbocycles. The van der Waals surface area contributed by atoms with Crippen LogP contribution in [0.3, 0.4) is 0 Å². The minimum Gasteiger partial charge on any atom is -0.411 e. The van der Waals surface area contributed by atoms with E-state index in [2.05, 4.69) is 6.07 Å². The van der Waals surface area contributed by atoms with E-state index in [9.17, 15) is 0 Å². The predicted molar refractivity (Wildman–Crippen MR) is 58.4 cm³/mol. The van der Waals surface area contributed by atoms with Gasteiger partial charge in [0, 0.05) is 11.9 Å². The summed E-state index contributed by atoms with van der Waals surface area (Å²) in [6, 6.07) is 5.92. The second kappa shape index (κ2) is 3.44. The van der Waals surface area contributed by atoms with Crippen molar-refractivity contribution in [2.45, 2.75) is 19.3 Å². The van der Waals surface area contributed by atoms with Crippen molar-refractivity contribution in [2.24, 2.45) is 0 Å². The lowest BCUT2D eigenvalue weighted by Gasteiger charge is -2.20. The molecule has 0 unspecified atom stereocenters. The van der Waals surface area contributed by atoms with Crippen LogP contribution in [-0.4, -0.2) is 8.89 Å². The molecule has 68 valence electrons. The van der Waals surface area contributed by atoms with Crippen LogP contribution in [0, 0.1) is 11.3 Å². The van der Waals surface area contributed by atoms with Crippen LogP contribution in [0.2, 0.25) is 0 Å². The van der Waals surface area contributed by atoms with Crippen molar-refractivity contribution in [3.8, 4) is 6.07 Å². The minimum absolute atomic E-state index is 0.350. The second-order valence-electron chi connectivity index (χ2n) is 3.27. The molecule has 1 rings (SSSR count). The average molecular weight is 209 g/mol. The van der Waals surface area contributed by atoms with Gasteiger partial charge in [-0.1, -0.05) is 4.32 Å². The molecule has 0 saturated heterocycles. The lowest BCUT2D eigenvalue weighted by molar-refractivity contribution is 0.652. The van der Waals surface area contributed by atoms with E-state index in [-0.39, 0.29) is 0 Å². The molecule has 0 aliphatic heterocycles. The normalized spacial score (nSPS) is 10.8. The van der Waals surface area contributed by atoms with Crippen LogP contribution >= 0.6 is 12.2 Å². The number of nitrogens with zero attached hydrogens (tertiary/aromatic N) is 2. The van der Waals surface area contributed by atoms with E-state index in [4.69, 9.17) is 30.1 Å². The molecule has 0 amide bonds. The zero-order valence-electron chi connectivity index (χ0n) is 7.44. The highest BCUT2D eigenvalue weighted by atomic mass is 32.1. The van der Waals surface area contributed by atoms with Gasteiger partial charge in [-0.3, -0.25) is 0 Å². The van der Waals surface area contributed by atoms with Crippen LogP contribution in [-0.2, 0) is 18.0 Å². The van der Waals surface area contributed by atoms with Gasteiger partial charge < -0.3 is 29.4 Å². The van der Waals surface area contributed by atoms with Gasteiger partial charge in [-0.15, -0.1) is 0 Å². The van der Waals surface area contributed by atoms with Crippen LogP contribution in [0.1, 0.15) is 19.5 Å². The van der Waals surface area contributed by atoms with Gasteiger partial charge in [0.05, 0.1) is 11.5 Å². The number of hydrogen-bond donors (Lipinski definition) is 0. The van der Waals surface area contributed by atoms with E-state index >= 15 is 0 Å². The Balaban J connectivity index is 3.24. The molecular weight excluding hydrogens is 200 g/mol. The number of aromatic nitrogens is 1. The smallest absolute Gasteiger partial charge is 0.0920 e. The predicted octanol–water partition coefficient (Wildman–Crippen LogP) is 1.97. The Labute approximate surface area is 88.6 Å². The number of nitriles is 1. The molecular formula is C9H9N2S2-. The van der Waals surface area contributed by atoms with Gasteiger partial charge in [-0.2, -0.15) is 5.26 Å². The van der Waals surface area contributed by atoms with Gasteiger partial charge >= 0.3 is 0 Å². The Morgan fingerprint density at radius 3 is 2.77 bits per heavy atom. The van der Waals surface area contributed by atoms with Gasteiger partial charge in [0.1, 0.15) is 0 Å². The highest BCUT2D eigenvalue weighted by Gasteiger charge is 2.22. The van der Waals surface area contributed by atoms with Crippen molar-refractivity contribution < 1.29 is 0 Å². The molecule has 13 heavy (non-hydrogen) atoms. The quantitative estimate of drug-likeness (QED) is 0.523. The van der Waals surface area contributed by atoms with Gasteiger partial charge in [0.2, 0.25) is 0 Å². The molecule has 0 aliphatic rings. The fourth-order valence-electron chi connectivity index (χ4n) is 1.11. The summed E-state index contributed by atoms with van der Waals surface area (Å²) in [5.74, 6) is 0. The summed E-state index contributed by atoms with van der Waals surface area (Å²) in [5.41, 5.74) is 0.293. The fourth-order valence-corrected chi connectivity index (χ4v) is 1.43. The summed E-state index contributed by atoms with van der Waals surface area (Å²) in [4.78, 5) is 0. The van der Waals surface area contributed by atoms with Gasteiger partial charge in [0.15, 0.2) is 0 Å². The Morgan fingerprint density at radius 1 is 1.69 bits per heavy atom. The third-order valence-corrected chi connectivity index (χ3v) is 2.26. The maximum atomic E-state index is 8.93. The highest BCUT2D eigenvalue weighted by molar-refractivity contribution is 8.00. The zero-order chi connectivity index (χ0) is 10.1. The van der Waals surface area contributed by atoms with E-state index in [1.165, 1.54) is 0 Å². The van der Waals surface area contributed by atoms with E-state index in [0.717, 1.165) is 5.69 Å². The molecule has 0 radical (unpaired) electrons. The largest absolute Gasteiger partial charge is 0.411 e. The SMILES string of the molecule is CC(C)(C#N)c1cccn1C(=S)[S-]. The fraction of sp³-hybridized carbons (Fsp3) is 0.333. The molecule has 1 aromatic rings. The van der Waals surface area contributed by atoms with Crippen LogP contribution in [0.25, 0.3) is 0 Å². The maximum Gasteiger partial charge on any atom is 0.0920 e.